The van der Waals surface area contributed by atoms with E-state index in [2.05, 4.69) is 19.2 Å². The summed E-state index contributed by atoms with van der Waals surface area (Å²) in [7, 11) is 1.56. The second kappa shape index (κ2) is 13.4. The van der Waals surface area contributed by atoms with Gasteiger partial charge in [0.05, 0.1) is 19.3 Å². The van der Waals surface area contributed by atoms with Crippen molar-refractivity contribution in [3.63, 3.8) is 0 Å². The fourth-order valence-electron chi connectivity index (χ4n) is 3.16. The molecule has 3 rings (SSSR count). The molecular formula is C29H30ClNO5. The van der Waals surface area contributed by atoms with Crippen molar-refractivity contribution in [2.45, 2.75) is 26.9 Å². The lowest BCUT2D eigenvalue weighted by molar-refractivity contribution is -0.111. The van der Waals surface area contributed by atoms with Crippen LogP contribution in [0.4, 0.5) is 5.69 Å². The molecule has 0 heterocycles. The number of halogens is 1. The summed E-state index contributed by atoms with van der Waals surface area (Å²) in [5.41, 5.74) is 2.78. The maximum atomic E-state index is 12.4. The van der Waals surface area contributed by atoms with Crippen molar-refractivity contribution in [3.05, 3.63) is 94.5 Å². The van der Waals surface area contributed by atoms with Crippen LogP contribution in [0.25, 0.3) is 6.08 Å². The van der Waals surface area contributed by atoms with Crippen LogP contribution in [0.5, 0.6) is 11.5 Å². The summed E-state index contributed by atoms with van der Waals surface area (Å²) in [5, 5.41) is 3.45. The van der Waals surface area contributed by atoms with E-state index in [1.165, 1.54) is 6.08 Å². The number of rotatable bonds is 11. The standard InChI is InChI=1S/C29H30ClNO5/c1-20(2)16-17-35-29(33)23-8-12-25(13-9-23)31-28(32)15-7-21-6-14-26(27(18-21)34-3)36-19-22-4-10-24(30)11-5-22/h4-15,18,20H,16-17,19H2,1-3H3,(H,31,32)/b15-7+. The average Bonchev–Trinajstić information content (AvgIpc) is 2.87. The number of amides is 1. The summed E-state index contributed by atoms with van der Waals surface area (Å²) < 4.78 is 16.6. The van der Waals surface area contributed by atoms with E-state index in [0.717, 1.165) is 17.5 Å². The number of anilines is 1. The van der Waals surface area contributed by atoms with E-state index in [0.29, 0.717) is 46.9 Å². The van der Waals surface area contributed by atoms with Gasteiger partial charge in [-0.3, -0.25) is 4.79 Å². The van der Waals surface area contributed by atoms with Gasteiger partial charge in [-0.2, -0.15) is 0 Å². The minimum absolute atomic E-state index is 0.302. The SMILES string of the molecule is COc1cc(/C=C/C(=O)Nc2ccc(C(=O)OCCC(C)C)cc2)ccc1OCc1ccc(Cl)cc1. The topological polar surface area (TPSA) is 73.9 Å². The number of esters is 1. The number of carbonyl (C=O) groups excluding carboxylic acids is 2. The summed E-state index contributed by atoms with van der Waals surface area (Å²) in [6, 6.07) is 19.4. The Labute approximate surface area is 216 Å². The molecule has 3 aromatic carbocycles. The molecule has 1 N–H and O–H groups in total. The van der Waals surface area contributed by atoms with E-state index in [1.54, 1.807) is 49.6 Å². The maximum absolute atomic E-state index is 12.4. The van der Waals surface area contributed by atoms with Crippen molar-refractivity contribution >= 4 is 35.2 Å². The zero-order valence-corrected chi connectivity index (χ0v) is 21.4. The van der Waals surface area contributed by atoms with Crippen molar-refractivity contribution in [1.82, 2.24) is 0 Å². The fraction of sp³-hybridized carbons (Fsp3) is 0.241. The first-order chi connectivity index (χ1) is 17.3. The number of hydrogen-bond acceptors (Lipinski definition) is 5. The molecule has 6 nitrogen and oxygen atoms in total. The van der Waals surface area contributed by atoms with Crippen molar-refractivity contribution < 1.29 is 23.8 Å². The molecule has 0 aliphatic heterocycles. The molecule has 0 atom stereocenters. The first kappa shape index (κ1) is 26.8. The van der Waals surface area contributed by atoms with Crippen LogP contribution in [-0.4, -0.2) is 25.6 Å². The van der Waals surface area contributed by atoms with Gasteiger partial charge in [0.1, 0.15) is 6.61 Å². The van der Waals surface area contributed by atoms with Crippen LogP contribution < -0.4 is 14.8 Å². The Hall–Kier alpha value is -3.77. The zero-order valence-electron chi connectivity index (χ0n) is 20.6. The van der Waals surface area contributed by atoms with Gasteiger partial charge >= 0.3 is 5.97 Å². The Kier molecular flexibility index (Phi) is 9.95. The smallest absolute Gasteiger partial charge is 0.338 e. The number of methoxy groups -OCH3 is 1. The molecule has 36 heavy (non-hydrogen) atoms. The van der Waals surface area contributed by atoms with Crippen LogP contribution >= 0.6 is 11.6 Å². The van der Waals surface area contributed by atoms with Crippen LogP contribution in [0.3, 0.4) is 0 Å². The quantitative estimate of drug-likeness (QED) is 0.228. The minimum Gasteiger partial charge on any atom is -0.493 e. The highest BCUT2D eigenvalue weighted by atomic mass is 35.5. The predicted octanol–water partition coefficient (Wildman–Crippen LogP) is 6.78. The summed E-state index contributed by atoms with van der Waals surface area (Å²) >= 11 is 5.92. The van der Waals surface area contributed by atoms with E-state index in [4.69, 9.17) is 25.8 Å². The molecular weight excluding hydrogens is 478 g/mol. The number of nitrogens with one attached hydrogen (secondary N) is 1. The second-order valence-electron chi connectivity index (χ2n) is 8.54. The van der Waals surface area contributed by atoms with Gasteiger partial charge in [0, 0.05) is 16.8 Å². The van der Waals surface area contributed by atoms with Gasteiger partial charge < -0.3 is 19.5 Å². The monoisotopic (exact) mass is 507 g/mol. The van der Waals surface area contributed by atoms with Crippen molar-refractivity contribution in [2.24, 2.45) is 5.92 Å². The highest BCUT2D eigenvalue weighted by molar-refractivity contribution is 6.30. The second-order valence-corrected chi connectivity index (χ2v) is 8.98. The van der Waals surface area contributed by atoms with Crippen LogP contribution in [0.1, 0.15) is 41.8 Å². The number of benzene rings is 3. The number of ether oxygens (including phenoxy) is 3. The highest BCUT2D eigenvalue weighted by Crippen LogP contribution is 2.29. The van der Waals surface area contributed by atoms with Gasteiger partial charge in [-0.05, 0) is 78.1 Å². The summed E-state index contributed by atoms with van der Waals surface area (Å²) in [6.45, 7) is 4.91. The highest BCUT2D eigenvalue weighted by Gasteiger charge is 2.09. The molecule has 0 spiro atoms. The van der Waals surface area contributed by atoms with Gasteiger partial charge in [-0.15, -0.1) is 0 Å². The lowest BCUT2D eigenvalue weighted by atomic mass is 10.1. The summed E-state index contributed by atoms with van der Waals surface area (Å²) in [4.78, 5) is 24.4. The van der Waals surface area contributed by atoms with Crippen LogP contribution in [0, 0.1) is 5.92 Å². The molecule has 1 amide bonds. The van der Waals surface area contributed by atoms with Gasteiger partial charge in [-0.1, -0.05) is 43.6 Å². The molecule has 7 heteroatoms. The summed E-state index contributed by atoms with van der Waals surface area (Å²) in [5.74, 6) is 0.947. The third kappa shape index (κ3) is 8.47. The normalized spacial score (nSPS) is 10.9. The molecule has 0 saturated heterocycles. The third-order valence-corrected chi connectivity index (χ3v) is 5.49. The van der Waals surface area contributed by atoms with E-state index < -0.39 is 0 Å². The molecule has 0 aromatic heterocycles. The lowest BCUT2D eigenvalue weighted by Gasteiger charge is -2.11. The summed E-state index contributed by atoms with van der Waals surface area (Å²) in [6.07, 6.45) is 3.93. The molecule has 0 bridgehead atoms. The van der Waals surface area contributed by atoms with Gasteiger partial charge in [0.15, 0.2) is 11.5 Å². The molecule has 0 saturated carbocycles. The molecule has 0 unspecified atom stereocenters. The molecule has 188 valence electrons. The van der Waals surface area contributed by atoms with E-state index in [9.17, 15) is 9.59 Å². The van der Waals surface area contributed by atoms with Crippen LogP contribution in [0.2, 0.25) is 5.02 Å². The van der Waals surface area contributed by atoms with E-state index >= 15 is 0 Å². The first-order valence-corrected chi connectivity index (χ1v) is 12.0. The molecule has 0 aliphatic rings. The van der Waals surface area contributed by atoms with E-state index in [-0.39, 0.29) is 11.9 Å². The Morgan fingerprint density at radius 1 is 0.972 bits per heavy atom. The fourth-order valence-corrected chi connectivity index (χ4v) is 3.29. The largest absolute Gasteiger partial charge is 0.493 e. The van der Waals surface area contributed by atoms with E-state index in [1.807, 2.05) is 30.3 Å². The van der Waals surface area contributed by atoms with Crippen molar-refractivity contribution in [3.8, 4) is 11.5 Å². The van der Waals surface area contributed by atoms with Gasteiger partial charge in [-0.25, -0.2) is 4.79 Å². The Bertz CT molecular complexity index is 1190. The zero-order chi connectivity index (χ0) is 25.9. The van der Waals surface area contributed by atoms with Gasteiger partial charge in [0.25, 0.3) is 0 Å². The van der Waals surface area contributed by atoms with Crippen LogP contribution in [0.15, 0.2) is 72.8 Å². The van der Waals surface area contributed by atoms with Gasteiger partial charge in [0.2, 0.25) is 5.91 Å². The Morgan fingerprint density at radius 3 is 2.36 bits per heavy atom. The van der Waals surface area contributed by atoms with Crippen molar-refractivity contribution in [1.29, 1.82) is 0 Å². The Balaban J connectivity index is 1.54. The number of carbonyl (C=O) groups is 2. The third-order valence-electron chi connectivity index (χ3n) is 5.24. The molecule has 3 aromatic rings. The average molecular weight is 508 g/mol. The van der Waals surface area contributed by atoms with Crippen LogP contribution in [-0.2, 0) is 16.1 Å². The Morgan fingerprint density at radius 2 is 1.69 bits per heavy atom. The predicted molar refractivity (Wildman–Crippen MR) is 143 cm³/mol. The maximum Gasteiger partial charge on any atom is 0.338 e. The lowest BCUT2D eigenvalue weighted by Crippen LogP contribution is -2.10. The van der Waals surface area contributed by atoms with Crippen molar-refractivity contribution in [2.75, 3.05) is 19.0 Å². The molecule has 0 radical (unpaired) electrons. The molecule has 0 fully saturated rings. The minimum atomic E-state index is -0.372. The number of hydrogen-bond donors (Lipinski definition) is 1. The first-order valence-electron chi connectivity index (χ1n) is 11.7. The molecule has 0 aliphatic carbocycles.